The predicted molar refractivity (Wildman–Crippen MR) is 91.7 cm³/mol. The van der Waals surface area contributed by atoms with Crippen molar-refractivity contribution < 1.29 is 9.53 Å². The fourth-order valence-electron chi connectivity index (χ4n) is 1.97. The molecule has 0 saturated heterocycles. The molecule has 110 valence electrons. The topological polar surface area (TPSA) is 38.3 Å². The first kappa shape index (κ1) is 16.0. The van der Waals surface area contributed by atoms with Gasteiger partial charge in [-0.3, -0.25) is 0 Å². The van der Waals surface area contributed by atoms with Crippen LogP contribution in [0.3, 0.4) is 0 Å². The van der Waals surface area contributed by atoms with Gasteiger partial charge in [0.1, 0.15) is 0 Å². The molecule has 0 aromatic heterocycles. The van der Waals surface area contributed by atoms with E-state index in [-0.39, 0.29) is 5.97 Å². The van der Waals surface area contributed by atoms with Crippen LogP contribution >= 0.6 is 31.9 Å². The smallest absolute Gasteiger partial charge is 0.337 e. The van der Waals surface area contributed by atoms with E-state index in [0.29, 0.717) is 12.1 Å². The van der Waals surface area contributed by atoms with Crippen LogP contribution in [-0.2, 0) is 11.3 Å². The van der Waals surface area contributed by atoms with Crippen LogP contribution in [0.2, 0.25) is 0 Å². The second-order valence-electron chi connectivity index (χ2n) is 4.67. The molecule has 2 aromatic carbocycles. The van der Waals surface area contributed by atoms with Crippen molar-refractivity contribution in [1.82, 2.24) is 0 Å². The Hall–Kier alpha value is -1.33. The lowest BCUT2D eigenvalue weighted by Gasteiger charge is -2.10. The number of methoxy groups -OCH3 is 1. The van der Waals surface area contributed by atoms with E-state index in [4.69, 9.17) is 4.74 Å². The molecule has 0 spiro atoms. The summed E-state index contributed by atoms with van der Waals surface area (Å²) in [7, 11) is 1.38. The Balaban J connectivity index is 2.11. The van der Waals surface area contributed by atoms with Crippen LogP contribution < -0.4 is 5.32 Å². The first-order valence-corrected chi connectivity index (χ1v) is 7.96. The van der Waals surface area contributed by atoms with Crippen molar-refractivity contribution in [2.75, 3.05) is 12.4 Å². The fourth-order valence-corrected chi connectivity index (χ4v) is 3.10. The zero-order valence-electron chi connectivity index (χ0n) is 11.7. The Bertz CT molecular complexity index is 651. The number of hydrogen-bond donors (Lipinski definition) is 1. The molecule has 0 aliphatic rings. The largest absolute Gasteiger partial charge is 0.465 e. The van der Waals surface area contributed by atoms with E-state index < -0.39 is 0 Å². The molecule has 5 heteroatoms. The minimum Gasteiger partial charge on any atom is -0.465 e. The Morgan fingerprint density at radius 2 is 1.95 bits per heavy atom. The van der Waals surface area contributed by atoms with Gasteiger partial charge < -0.3 is 10.1 Å². The second-order valence-corrected chi connectivity index (χ2v) is 6.44. The highest BCUT2D eigenvalue weighted by molar-refractivity contribution is 9.10. The number of aryl methyl sites for hydroxylation is 1. The number of rotatable bonds is 4. The van der Waals surface area contributed by atoms with Gasteiger partial charge in [-0.2, -0.15) is 0 Å². The molecule has 1 N–H and O–H groups in total. The van der Waals surface area contributed by atoms with Crippen molar-refractivity contribution in [3.8, 4) is 0 Å². The summed E-state index contributed by atoms with van der Waals surface area (Å²) in [5.41, 5.74) is 3.84. The highest BCUT2D eigenvalue weighted by Crippen LogP contribution is 2.23. The standard InChI is InChI=1S/C16H15Br2NO2/c1-10-5-13(17)8-14(6-10)19-9-12-4-3-11(7-15(12)18)16(20)21-2/h3-8,19H,9H2,1-2H3. The molecular weight excluding hydrogens is 398 g/mol. The number of carbonyl (C=O) groups is 1. The Labute approximate surface area is 141 Å². The summed E-state index contributed by atoms with van der Waals surface area (Å²) < 4.78 is 6.63. The predicted octanol–water partition coefficient (Wildman–Crippen LogP) is 4.92. The average Bonchev–Trinajstić information content (AvgIpc) is 2.44. The van der Waals surface area contributed by atoms with E-state index in [1.807, 2.05) is 12.1 Å². The van der Waals surface area contributed by atoms with E-state index in [0.717, 1.165) is 20.2 Å². The van der Waals surface area contributed by atoms with Crippen LogP contribution in [0.15, 0.2) is 45.3 Å². The van der Waals surface area contributed by atoms with Crippen LogP contribution in [0.1, 0.15) is 21.5 Å². The lowest BCUT2D eigenvalue weighted by molar-refractivity contribution is 0.0600. The van der Waals surface area contributed by atoms with Crippen molar-refractivity contribution in [3.63, 3.8) is 0 Å². The van der Waals surface area contributed by atoms with Crippen molar-refractivity contribution in [2.24, 2.45) is 0 Å². The molecule has 21 heavy (non-hydrogen) atoms. The van der Waals surface area contributed by atoms with Gasteiger partial charge >= 0.3 is 5.97 Å². The molecule has 0 amide bonds. The van der Waals surface area contributed by atoms with E-state index in [1.165, 1.54) is 12.7 Å². The summed E-state index contributed by atoms with van der Waals surface area (Å²) >= 11 is 6.98. The minimum absolute atomic E-state index is 0.335. The molecule has 0 fully saturated rings. The third kappa shape index (κ3) is 4.32. The summed E-state index contributed by atoms with van der Waals surface area (Å²) in [5, 5.41) is 3.37. The molecule has 2 aromatic rings. The molecule has 2 rings (SSSR count). The number of nitrogens with one attached hydrogen (secondary N) is 1. The minimum atomic E-state index is -0.335. The zero-order valence-corrected chi connectivity index (χ0v) is 14.9. The third-order valence-electron chi connectivity index (χ3n) is 3.00. The number of halogens is 2. The summed E-state index contributed by atoms with van der Waals surface area (Å²) in [6.45, 7) is 2.72. The van der Waals surface area contributed by atoms with E-state index >= 15 is 0 Å². The Morgan fingerprint density at radius 3 is 2.57 bits per heavy atom. The first-order chi connectivity index (χ1) is 9.99. The van der Waals surface area contributed by atoms with Crippen LogP contribution in [-0.4, -0.2) is 13.1 Å². The summed E-state index contributed by atoms with van der Waals surface area (Å²) in [6, 6.07) is 11.6. The lowest BCUT2D eigenvalue weighted by Crippen LogP contribution is -2.04. The lowest BCUT2D eigenvalue weighted by atomic mass is 10.1. The average molecular weight is 413 g/mol. The monoisotopic (exact) mass is 411 g/mol. The highest BCUT2D eigenvalue weighted by Gasteiger charge is 2.08. The molecule has 0 aliphatic carbocycles. The van der Waals surface area contributed by atoms with Crippen LogP contribution in [0.4, 0.5) is 5.69 Å². The van der Waals surface area contributed by atoms with Gasteiger partial charge in [-0.05, 0) is 48.4 Å². The first-order valence-electron chi connectivity index (χ1n) is 6.37. The van der Waals surface area contributed by atoms with Gasteiger partial charge in [-0.1, -0.05) is 37.9 Å². The third-order valence-corrected chi connectivity index (χ3v) is 4.20. The molecule has 0 aliphatic heterocycles. The molecule has 3 nitrogen and oxygen atoms in total. The second kappa shape index (κ2) is 7.09. The van der Waals surface area contributed by atoms with E-state index in [1.54, 1.807) is 12.1 Å². The van der Waals surface area contributed by atoms with Crippen molar-refractivity contribution in [2.45, 2.75) is 13.5 Å². The van der Waals surface area contributed by atoms with Crippen molar-refractivity contribution in [1.29, 1.82) is 0 Å². The molecular formula is C16H15Br2NO2. The normalized spacial score (nSPS) is 10.3. The van der Waals surface area contributed by atoms with Gasteiger partial charge in [-0.25, -0.2) is 4.79 Å². The van der Waals surface area contributed by atoms with E-state index in [9.17, 15) is 4.79 Å². The SMILES string of the molecule is COC(=O)c1ccc(CNc2cc(C)cc(Br)c2)c(Br)c1. The summed E-state index contributed by atoms with van der Waals surface area (Å²) in [5.74, 6) is -0.335. The van der Waals surface area contributed by atoms with Crippen LogP contribution in [0.5, 0.6) is 0 Å². The maximum atomic E-state index is 11.5. The highest BCUT2D eigenvalue weighted by atomic mass is 79.9. The van der Waals surface area contributed by atoms with Crippen molar-refractivity contribution in [3.05, 3.63) is 62.0 Å². The molecule has 0 radical (unpaired) electrons. The Morgan fingerprint density at radius 1 is 1.19 bits per heavy atom. The number of ether oxygens (including phenoxy) is 1. The van der Waals surface area contributed by atoms with Crippen LogP contribution in [0, 0.1) is 6.92 Å². The number of benzene rings is 2. The van der Waals surface area contributed by atoms with E-state index in [2.05, 4.69) is 56.2 Å². The van der Waals surface area contributed by atoms with Gasteiger partial charge in [0, 0.05) is 21.2 Å². The molecule has 0 unspecified atom stereocenters. The molecule has 0 heterocycles. The van der Waals surface area contributed by atoms with Crippen molar-refractivity contribution >= 4 is 43.5 Å². The molecule has 0 atom stereocenters. The maximum Gasteiger partial charge on any atom is 0.337 e. The number of hydrogen-bond acceptors (Lipinski definition) is 3. The summed E-state index contributed by atoms with van der Waals surface area (Å²) in [4.78, 5) is 11.5. The maximum absolute atomic E-state index is 11.5. The van der Waals surface area contributed by atoms with Gasteiger partial charge in [0.05, 0.1) is 12.7 Å². The number of carbonyl (C=O) groups excluding carboxylic acids is 1. The van der Waals surface area contributed by atoms with Gasteiger partial charge in [0.2, 0.25) is 0 Å². The number of esters is 1. The molecule has 0 bridgehead atoms. The van der Waals surface area contributed by atoms with Gasteiger partial charge in [-0.15, -0.1) is 0 Å². The number of anilines is 1. The fraction of sp³-hybridized carbons (Fsp3) is 0.188. The quantitative estimate of drug-likeness (QED) is 0.724. The Kier molecular flexibility index (Phi) is 5.42. The van der Waals surface area contributed by atoms with Gasteiger partial charge in [0.15, 0.2) is 0 Å². The van der Waals surface area contributed by atoms with Gasteiger partial charge in [0.25, 0.3) is 0 Å². The summed E-state index contributed by atoms with van der Waals surface area (Å²) in [6.07, 6.45) is 0. The zero-order chi connectivity index (χ0) is 15.4. The molecule has 0 saturated carbocycles. The van der Waals surface area contributed by atoms with Crippen LogP contribution in [0.25, 0.3) is 0 Å².